The largest absolute Gasteiger partial charge is 0.481 e. The molecule has 0 unspecified atom stereocenters. The van der Waals surface area contributed by atoms with Gasteiger partial charge in [-0.15, -0.1) is 0 Å². The van der Waals surface area contributed by atoms with Gasteiger partial charge in [0.05, 0.1) is 9.40 Å². The van der Waals surface area contributed by atoms with Crippen molar-refractivity contribution in [2.75, 3.05) is 18.0 Å². The first-order chi connectivity index (χ1) is 9.97. The van der Waals surface area contributed by atoms with Gasteiger partial charge in [-0.05, 0) is 41.1 Å². The standard InChI is InChI=1S/C13H16BrN3O4/c14-11-7-10(17(20)21)8-15-13(11)16-5-3-9(4-6-16)1-2-12(18)19/h7-9H,1-6H2,(H,18,19). The van der Waals surface area contributed by atoms with Crippen molar-refractivity contribution in [1.29, 1.82) is 0 Å². The molecule has 1 fully saturated rings. The average Bonchev–Trinajstić information content (AvgIpc) is 2.45. The van der Waals surface area contributed by atoms with E-state index in [1.807, 2.05) is 0 Å². The fourth-order valence-electron chi connectivity index (χ4n) is 2.51. The van der Waals surface area contributed by atoms with Crippen molar-refractivity contribution < 1.29 is 14.8 Å². The Morgan fingerprint density at radius 3 is 2.71 bits per heavy atom. The van der Waals surface area contributed by atoms with Gasteiger partial charge in [-0.3, -0.25) is 14.9 Å². The van der Waals surface area contributed by atoms with Crippen LogP contribution in [0.2, 0.25) is 0 Å². The Morgan fingerprint density at radius 1 is 1.52 bits per heavy atom. The monoisotopic (exact) mass is 357 g/mol. The summed E-state index contributed by atoms with van der Waals surface area (Å²) in [4.78, 5) is 27.0. The lowest BCUT2D eigenvalue weighted by atomic mass is 9.92. The molecule has 1 saturated heterocycles. The Balaban J connectivity index is 1.96. The number of carboxylic acids is 1. The zero-order valence-corrected chi connectivity index (χ0v) is 13.0. The van der Waals surface area contributed by atoms with Gasteiger partial charge in [0.2, 0.25) is 0 Å². The predicted octanol–water partition coefficient (Wildman–Crippen LogP) is 2.83. The van der Waals surface area contributed by atoms with Gasteiger partial charge in [0.25, 0.3) is 5.69 Å². The minimum atomic E-state index is -0.753. The van der Waals surface area contributed by atoms with E-state index in [2.05, 4.69) is 25.8 Å². The van der Waals surface area contributed by atoms with Crippen LogP contribution in [0.4, 0.5) is 11.5 Å². The van der Waals surface area contributed by atoms with Gasteiger partial charge < -0.3 is 10.0 Å². The van der Waals surface area contributed by atoms with Crippen LogP contribution in [-0.2, 0) is 4.79 Å². The molecule has 0 bridgehead atoms. The summed E-state index contributed by atoms with van der Waals surface area (Å²) >= 11 is 3.33. The number of piperidine rings is 1. The molecule has 2 heterocycles. The summed E-state index contributed by atoms with van der Waals surface area (Å²) in [7, 11) is 0. The lowest BCUT2D eigenvalue weighted by Gasteiger charge is -2.33. The molecule has 0 atom stereocenters. The third-order valence-corrected chi connectivity index (χ3v) is 4.28. The van der Waals surface area contributed by atoms with Crippen molar-refractivity contribution >= 4 is 33.4 Å². The number of carbonyl (C=O) groups is 1. The number of pyridine rings is 1. The molecule has 0 saturated carbocycles. The van der Waals surface area contributed by atoms with Crippen LogP contribution in [0.3, 0.4) is 0 Å². The predicted molar refractivity (Wildman–Crippen MR) is 80.4 cm³/mol. The summed E-state index contributed by atoms with van der Waals surface area (Å²) in [5.41, 5.74) is -0.0398. The summed E-state index contributed by atoms with van der Waals surface area (Å²) < 4.78 is 0.612. The quantitative estimate of drug-likeness (QED) is 0.642. The first-order valence-electron chi connectivity index (χ1n) is 6.74. The van der Waals surface area contributed by atoms with Crippen LogP contribution < -0.4 is 4.90 Å². The fourth-order valence-corrected chi connectivity index (χ4v) is 3.10. The van der Waals surface area contributed by atoms with Crippen molar-refractivity contribution in [3.8, 4) is 0 Å². The van der Waals surface area contributed by atoms with Gasteiger partial charge in [0.15, 0.2) is 0 Å². The molecule has 0 aromatic carbocycles. The third kappa shape index (κ3) is 4.13. The van der Waals surface area contributed by atoms with Gasteiger partial charge in [0, 0.05) is 25.6 Å². The lowest BCUT2D eigenvalue weighted by molar-refractivity contribution is -0.385. The van der Waals surface area contributed by atoms with Crippen molar-refractivity contribution in [2.45, 2.75) is 25.7 Å². The van der Waals surface area contributed by atoms with E-state index in [1.54, 1.807) is 0 Å². The summed E-state index contributed by atoms with van der Waals surface area (Å²) in [6.45, 7) is 1.57. The molecule has 0 spiro atoms. The molecule has 0 radical (unpaired) electrons. The highest BCUT2D eigenvalue weighted by Crippen LogP contribution is 2.31. The Morgan fingerprint density at radius 2 is 2.19 bits per heavy atom. The molecule has 21 heavy (non-hydrogen) atoms. The fraction of sp³-hybridized carbons (Fsp3) is 0.538. The normalized spacial score (nSPS) is 16.0. The summed E-state index contributed by atoms with van der Waals surface area (Å²) in [6.07, 6.45) is 4.01. The highest BCUT2D eigenvalue weighted by Gasteiger charge is 2.23. The van der Waals surface area contributed by atoms with Gasteiger partial charge in [0.1, 0.15) is 12.0 Å². The Hall–Kier alpha value is -1.70. The molecule has 1 aromatic rings. The van der Waals surface area contributed by atoms with Crippen LogP contribution in [0.1, 0.15) is 25.7 Å². The zero-order chi connectivity index (χ0) is 15.4. The van der Waals surface area contributed by atoms with Crippen molar-refractivity contribution in [3.05, 3.63) is 26.9 Å². The molecule has 1 N–H and O–H groups in total. The number of nitro groups is 1. The van der Waals surface area contributed by atoms with E-state index < -0.39 is 10.9 Å². The van der Waals surface area contributed by atoms with Gasteiger partial charge in [-0.1, -0.05) is 0 Å². The van der Waals surface area contributed by atoms with E-state index >= 15 is 0 Å². The maximum Gasteiger partial charge on any atom is 0.303 e. The van der Waals surface area contributed by atoms with Gasteiger partial charge in [-0.2, -0.15) is 0 Å². The van der Waals surface area contributed by atoms with Crippen molar-refractivity contribution in [3.63, 3.8) is 0 Å². The number of halogens is 1. The number of aliphatic carboxylic acids is 1. The van der Waals surface area contributed by atoms with Gasteiger partial charge >= 0.3 is 5.97 Å². The molecule has 8 heteroatoms. The van der Waals surface area contributed by atoms with E-state index in [9.17, 15) is 14.9 Å². The molecule has 114 valence electrons. The van der Waals surface area contributed by atoms with Crippen LogP contribution >= 0.6 is 15.9 Å². The summed E-state index contributed by atoms with van der Waals surface area (Å²) in [5, 5.41) is 19.4. The Bertz CT molecular complexity index is 544. The Kier molecular flexibility index (Phi) is 5.11. The molecule has 0 aliphatic carbocycles. The molecule has 1 aromatic heterocycles. The molecule has 1 aliphatic heterocycles. The third-order valence-electron chi connectivity index (χ3n) is 3.70. The molecular weight excluding hydrogens is 342 g/mol. The van der Waals surface area contributed by atoms with E-state index in [1.165, 1.54) is 12.3 Å². The van der Waals surface area contributed by atoms with Crippen molar-refractivity contribution in [1.82, 2.24) is 4.98 Å². The molecule has 2 rings (SSSR count). The lowest BCUT2D eigenvalue weighted by Crippen LogP contribution is -2.34. The second-order valence-corrected chi connectivity index (χ2v) is 5.97. The Labute approximate surface area is 130 Å². The van der Waals surface area contributed by atoms with E-state index in [0.717, 1.165) is 25.9 Å². The molecule has 1 aliphatic rings. The highest BCUT2D eigenvalue weighted by atomic mass is 79.9. The maximum atomic E-state index is 10.7. The number of carboxylic acid groups (broad SMARTS) is 1. The van der Waals surface area contributed by atoms with Crippen molar-refractivity contribution in [2.24, 2.45) is 5.92 Å². The second-order valence-electron chi connectivity index (χ2n) is 5.12. The summed E-state index contributed by atoms with van der Waals surface area (Å²) in [6, 6.07) is 1.46. The zero-order valence-electron chi connectivity index (χ0n) is 11.4. The first-order valence-corrected chi connectivity index (χ1v) is 7.53. The van der Waals surface area contributed by atoms with Crippen LogP contribution in [0.5, 0.6) is 0 Å². The van der Waals surface area contributed by atoms with E-state index in [-0.39, 0.29) is 12.1 Å². The minimum absolute atomic E-state index is 0.0398. The van der Waals surface area contributed by atoms with Crippen LogP contribution in [-0.4, -0.2) is 34.1 Å². The number of anilines is 1. The highest BCUT2D eigenvalue weighted by molar-refractivity contribution is 9.10. The molecular formula is C13H16BrN3O4. The van der Waals surface area contributed by atoms with Crippen LogP contribution in [0, 0.1) is 16.0 Å². The second kappa shape index (κ2) is 6.84. The smallest absolute Gasteiger partial charge is 0.303 e. The number of aromatic nitrogens is 1. The SMILES string of the molecule is O=C(O)CCC1CCN(c2ncc([N+](=O)[O-])cc2Br)CC1. The first kappa shape index (κ1) is 15.7. The molecule has 7 nitrogen and oxygen atoms in total. The van der Waals surface area contributed by atoms with E-state index in [4.69, 9.17) is 5.11 Å². The number of rotatable bonds is 5. The maximum absolute atomic E-state index is 10.7. The van der Waals surface area contributed by atoms with E-state index in [0.29, 0.717) is 22.6 Å². The van der Waals surface area contributed by atoms with Crippen LogP contribution in [0.25, 0.3) is 0 Å². The van der Waals surface area contributed by atoms with Crippen LogP contribution in [0.15, 0.2) is 16.7 Å². The van der Waals surface area contributed by atoms with Gasteiger partial charge in [-0.25, -0.2) is 4.98 Å². The number of hydrogen-bond acceptors (Lipinski definition) is 5. The minimum Gasteiger partial charge on any atom is -0.481 e. The number of hydrogen-bond donors (Lipinski definition) is 1. The number of nitrogens with zero attached hydrogens (tertiary/aromatic N) is 3. The molecule has 0 amide bonds. The summed E-state index contributed by atoms with van der Waals surface area (Å²) in [5.74, 6) is 0.378. The topological polar surface area (TPSA) is 96.6 Å². The average molecular weight is 358 g/mol.